The smallest absolute Gasteiger partial charge is 0.324 e. The molecule has 3 aromatic rings. The quantitative estimate of drug-likeness (QED) is 0.515. The molecule has 28 heavy (non-hydrogen) atoms. The predicted molar refractivity (Wildman–Crippen MR) is 112 cm³/mol. The fraction of sp³-hybridized carbons (Fsp3) is 0.143. The van der Waals surface area contributed by atoms with Crippen molar-refractivity contribution in [3.05, 3.63) is 77.2 Å². The number of rotatable bonds is 7. The van der Waals surface area contributed by atoms with E-state index < -0.39 is 0 Å². The van der Waals surface area contributed by atoms with Crippen LogP contribution in [0.15, 0.2) is 66.7 Å². The second-order valence-corrected chi connectivity index (χ2v) is 7.11. The number of benzene rings is 2. The van der Waals surface area contributed by atoms with Crippen LogP contribution in [-0.2, 0) is 0 Å². The molecule has 0 aliphatic rings. The number of amides is 3. The van der Waals surface area contributed by atoms with Crippen LogP contribution in [0.4, 0.5) is 15.5 Å². The van der Waals surface area contributed by atoms with Gasteiger partial charge in [-0.25, -0.2) is 4.79 Å². The summed E-state index contributed by atoms with van der Waals surface area (Å²) >= 11 is 1.21. The Kier molecular flexibility index (Phi) is 6.64. The molecule has 0 fully saturated rings. The van der Waals surface area contributed by atoms with Gasteiger partial charge in [0.15, 0.2) is 0 Å². The zero-order chi connectivity index (χ0) is 19.8. The number of ether oxygens (including phenoxy) is 1. The van der Waals surface area contributed by atoms with E-state index >= 15 is 0 Å². The van der Waals surface area contributed by atoms with Crippen LogP contribution in [0.5, 0.6) is 5.75 Å². The van der Waals surface area contributed by atoms with Crippen LogP contribution in [0.25, 0.3) is 0 Å². The highest BCUT2D eigenvalue weighted by Gasteiger charge is 2.11. The van der Waals surface area contributed by atoms with Crippen molar-refractivity contribution in [3.8, 4) is 5.75 Å². The van der Waals surface area contributed by atoms with Gasteiger partial charge in [-0.3, -0.25) is 10.1 Å². The molecule has 0 unspecified atom stereocenters. The third kappa shape index (κ3) is 5.85. The number of para-hydroxylation sites is 1. The molecule has 0 spiro atoms. The maximum Gasteiger partial charge on any atom is 0.324 e. The Hall–Kier alpha value is -3.32. The zero-order valence-electron chi connectivity index (χ0n) is 15.4. The summed E-state index contributed by atoms with van der Waals surface area (Å²) in [6.07, 6.45) is 0. The Morgan fingerprint density at radius 3 is 2.57 bits per heavy atom. The molecular weight excluding hydrogens is 374 g/mol. The molecule has 144 valence electrons. The standard InChI is InChI=1S/C21H21N3O3S/c1-15-6-5-9-17(14-15)27-13-12-22-20(25)18-10-11-19(28-18)24-21(26)23-16-7-3-2-4-8-16/h2-11,14H,12-13H2,1H3,(H,22,25)(H2,23,24,26). The molecule has 0 radical (unpaired) electrons. The largest absolute Gasteiger partial charge is 0.492 e. The molecule has 0 aliphatic carbocycles. The Bertz CT molecular complexity index is 941. The van der Waals surface area contributed by atoms with E-state index in [9.17, 15) is 9.59 Å². The van der Waals surface area contributed by atoms with Crippen molar-refractivity contribution in [2.24, 2.45) is 0 Å². The van der Waals surface area contributed by atoms with Gasteiger partial charge in [-0.2, -0.15) is 0 Å². The van der Waals surface area contributed by atoms with Crippen LogP contribution in [-0.4, -0.2) is 25.1 Å². The second kappa shape index (κ2) is 9.57. The van der Waals surface area contributed by atoms with Gasteiger partial charge in [-0.1, -0.05) is 30.3 Å². The lowest BCUT2D eigenvalue weighted by Gasteiger charge is -2.07. The third-order valence-corrected chi connectivity index (χ3v) is 4.74. The van der Waals surface area contributed by atoms with Gasteiger partial charge in [-0.15, -0.1) is 11.3 Å². The van der Waals surface area contributed by atoms with Crippen LogP contribution in [0.2, 0.25) is 0 Å². The summed E-state index contributed by atoms with van der Waals surface area (Å²) in [4.78, 5) is 24.7. The predicted octanol–water partition coefficient (Wildman–Crippen LogP) is 4.51. The molecule has 6 nitrogen and oxygen atoms in total. The lowest BCUT2D eigenvalue weighted by molar-refractivity contribution is 0.0951. The van der Waals surface area contributed by atoms with Gasteiger partial charge in [-0.05, 0) is 48.9 Å². The highest BCUT2D eigenvalue weighted by molar-refractivity contribution is 7.18. The van der Waals surface area contributed by atoms with Crippen molar-refractivity contribution >= 4 is 34.0 Å². The van der Waals surface area contributed by atoms with Crippen molar-refractivity contribution in [2.75, 3.05) is 23.8 Å². The molecule has 0 bridgehead atoms. The molecule has 7 heteroatoms. The fourth-order valence-corrected chi connectivity index (χ4v) is 3.27. The SMILES string of the molecule is Cc1cccc(OCCNC(=O)c2ccc(NC(=O)Nc3ccccc3)s2)c1. The summed E-state index contributed by atoms with van der Waals surface area (Å²) in [7, 11) is 0. The van der Waals surface area contributed by atoms with E-state index in [0.29, 0.717) is 28.7 Å². The molecular formula is C21H21N3O3S. The maximum absolute atomic E-state index is 12.2. The summed E-state index contributed by atoms with van der Waals surface area (Å²) in [5.74, 6) is 0.579. The number of hydrogen-bond acceptors (Lipinski definition) is 4. The Morgan fingerprint density at radius 1 is 0.964 bits per heavy atom. The lowest BCUT2D eigenvalue weighted by atomic mass is 10.2. The van der Waals surface area contributed by atoms with Crippen molar-refractivity contribution in [2.45, 2.75) is 6.92 Å². The third-order valence-electron chi connectivity index (χ3n) is 3.74. The van der Waals surface area contributed by atoms with Crippen molar-refractivity contribution in [1.29, 1.82) is 0 Å². The highest BCUT2D eigenvalue weighted by Crippen LogP contribution is 2.22. The number of hydrogen-bond donors (Lipinski definition) is 3. The summed E-state index contributed by atoms with van der Waals surface area (Å²) in [6, 6.07) is 19.9. The number of carbonyl (C=O) groups is 2. The normalized spacial score (nSPS) is 10.2. The van der Waals surface area contributed by atoms with Crippen LogP contribution >= 0.6 is 11.3 Å². The first-order chi connectivity index (χ1) is 13.6. The van der Waals surface area contributed by atoms with Crippen molar-refractivity contribution in [1.82, 2.24) is 5.32 Å². The van der Waals surface area contributed by atoms with E-state index in [1.807, 2.05) is 49.4 Å². The van der Waals surface area contributed by atoms with Crippen LogP contribution in [0.3, 0.4) is 0 Å². The second-order valence-electron chi connectivity index (χ2n) is 6.03. The first-order valence-electron chi connectivity index (χ1n) is 8.81. The topological polar surface area (TPSA) is 79.5 Å². The van der Waals surface area contributed by atoms with Gasteiger partial charge in [0, 0.05) is 5.69 Å². The molecule has 1 aromatic heterocycles. The summed E-state index contributed by atoms with van der Waals surface area (Å²) in [5.41, 5.74) is 1.82. The minimum atomic E-state index is -0.355. The highest BCUT2D eigenvalue weighted by atomic mass is 32.1. The fourth-order valence-electron chi connectivity index (χ4n) is 2.45. The molecule has 0 saturated heterocycles. The first kappa shape index (κ1) is 19.4. The minimum absolute atomic E-state index is 0.200. The molecule has 0 aliphatic heterocycles. The zero-order valence-corrected chi connectivity index (χ0v) is 16.2. The van der Waals surface area contributed by atoms with Crippen molar-refractivity contribution < 1.29 is 14.3 Å². The minimum Gasteiger partial charge on any atom is -0.492 e. The Morgan fingerprint density at radius 2 is 1.79 bits per heavy atom. The number of thiophene rings is 1. The van der Waals surface area contributed by atoms with Gasteiger partial charge >= 0.3 is 6.03 Å². The van der Waals surface area contributed by atoms with Crippen LogP contribution < -0.4 is 20.7 Å². The van der Waals surface area contributed by atoms with Gasteiger partial charge < -0.3 is 15.4 Å². The van der Waals surface area contributed by atoms with E-state index in [0.717, 1.165) is 11.3 Å². The summed E-state index contributed by atoms with van der Waals surface area (Å²) in [5, 5.41) is 8.85. The lowest BCUT2D eigenvalue weighted by Crippen LogP contribution is -2.27. The maximum atomic E-state index is 12.2. The number of urea groups is 1. The van der Waals surface area contributed by atoms with E-state index in [2.05, 4.69) is 16.0 Å². The van der Waals surface area contributed by atoms with Crippen LogP contribution in [0, 0.1) is 6.92 Å². The van der Waals surface area contributed by atoms with Gasteiger partial charge in [0.25, 0.3) is 5.91 Å². The molecule has 2 aromatic carbocycles. The number of anilines is 2. The molecule has 3 N–H and O–H groups in total. The van der Waals surface area contributed by atoms with Crippen molar-refractivity contribution in [3.63, 3.8) is 0 Å². The average molecular weight is 395 g/mol. The van der Waals surface area contributed by atoms with E-state index in [4.69, 9.17) is 4.74 Å². The van der Waals surface area contributed by atoms with Gasteiger partial charge in [0.05, 0.1) is 16.4 Å². The molecule has 0 saturated carbocycles. The van der Waals surface area contributed by atoms with Crippen LogP contribution in [0.1, 0.15) is 15.2 Å². The number of carbonyl (C=O) groups excluding carboxylic acids is 2. The monoisotopic (exact) mass is 395 g/mol. The van der Waals surface area contributed by atoms with Gasteiger partial charge in [0.1, 0.15) is 12.4 Å². The van der Waals surface area contributed by atoms with E-state index in [1.54, 1.807) is 24.3 Å². The summed E-state index contributed by atoms with van der Waals surface area (Å²) in [6.45, 7) is 2.77. The van der Waals surface area contributed by atoms with E-state index in [-0.39, 0.29) is 11.9 Å². The average Bonchev–Trinajstić information content (AvgIpc) is 3.14. The Balaban J connectivity index is 1.42. The van der Waals surface area contributed by atoms with E-state index in [1.165, 1.54) is 11.3 Å². The van der Waals surface area contributed by atoms with Gasteiger partial charge in [0.2, 0.25) is 0 Å². The molecule has 3 amide bonds. The molecule has 3 rings (SSSR count). The molecule has 0 atom stereocenters. The molecule has 1 heterocycles. The first-order valence-corrected chi connectivity index (χ1v) is 9.62. The Labute approximate surface area is 167 Å². The number of aryl methyl sites for hydroxylation is 1. The number of nitrogens with one attached hydrogen (secondary N) is 3. The summed E-state index contributed by atoms with van der Waals surface area (Å²) < 4.78 is 5.61.